The zero-order chi connectivity index (χ0) is 13.8. The third kappa shape index (κ3) is 3.47. The maximum atomic E-state index is 12.2. The minimum absolute atomic E-state index is 0.141. The summed E-state index contributed by atoms with van der Waals surface area (Å²) in [5.74, 6) is -0.155. The summed E-state index contributed by atoms with van der Waals surface area (Å²) in [6.45, 7) is 1.91. The molecule has 0 saturated heterocycles. The van der Waals surface area contributed by atoms with Gasteiger partial charge in [-0.3, -0.25) is 4.79 Å². The number of amides is 1. The van der Waals surface area contributed by atoms with Gasteiger partial charge in [0.1, 0.15) is 0 Å². The summed E-state index contributed by atoms with van der Waals surface area (Å²) >= 11 is 0. The maximum absolute atomic E-state index is 12.2. The van der Waals surface area contributed by atoms with E-state index in [1.165, 1.54) is 0 Å². The van der Waals surface area contributed by atoms with E-state index in [1.54, 1.807) is 12.1 Å². The number of hydrogen-bond donors (Lipinski definition) is 3. The minimum atomic E-state index is -0.436. The first-order valence-corrected chi connectivity index (χ1v) is 6.93. The zero-order valence-corrected chi connectivity index (χ0v) is 11.4. The third-order valence-corrected chi connectivity index (χ3v) is 3.84. The molecule has 0 aliphatic heterocycles. The number of carbonyl (C=O) groups is 1. The second kappa shape index (κ2) is 6.06. The summed E-state index contributed by atoms with van der Waals surface area (Å²) in [6.07, 6.45) is 4.38. The van der Waals surface area contributed by atoms with Gasteiger partial charge in [0.2, 0.25) is 0 Å². The lowest BCUT2D eigenvalue weighted by atomic mass is 10.0. The van der Waals surface area contributed by atoms with Crippen LogP contribution in [0.15, 0.2) is 18.2 Å². The van der Waals surface area contributed by atoms with Gasteiger partial charge in [0.15, 0.2) is 0 Å². The first kappa shape index (κ1) is 13.9. The number of nitrogen functional groups attached to an aromatic ring is 1. The summed E-state index contributed by atoms with van der Waals surface area (Å²) in [5.41, 5.74) is 7.95. The van der Waals surface area contributed by atoms with E-state index in [4.69, 9.17) is 5.73 Å². The Morgan fingerprint density at radius 2 is 2.05 bits per heavy atom. The van der Waals surface area contributed by atoms with Gasteiger partial charge in [-0.15, -0.1) is 0 Å². The molecule has 2 atom stereocenters. The van der Waals surface area contributed by atoms with E-state index in [0.717, 1.165) is 37.7 Å². The second-order valence-electron chi connectivity index (χ2n) is 5.36. The van der Waals surface area contributed by atoms with Gasteiger partial charge in [0, 0.05) is 11.3 Å². The smallest absolute Gasteiger partial charge is 0.251 e. The number of carbonyl (C=O) groups excluding carboxylic acids is 1. The van der Waals surface area contributed by atoms with Gasteiger partial charge in [0.25, 0.3) is 5.91 Å². The largest absolute Gasteiger partial charge is 0.398 e. The molecule has 1 aliphatic rings. The van der Waals surface area contributed by atoms with E-state index in [2.05, 4.69) is 5.32 Å². The average Bonchev–Trinajstić information content (AvgIpc) is 2.58. The first-order chi connectivity index (χ1) is 9.08. The Kier molecular flexibility index (Phi) is 4.43. The van der Waals surface area contributed by atoms with Crippen LogP contribution in [0.3, 0.4) is 0 Å². The number of nitrogens with two attached hydrogens (primary N) is 1. The van der Waals surface area contributed by atoms with Crippen LogP contribution in [0.2, 0.25) is 0 Å². The molecule has 1 fully saturated rings. The monoisotopic (exact) mass is 262 g/mol. The van der Waals surface area contributed by atoms with Crippen LogP contribution in [0, 0.1) is 6.92 Å². The summed E-state index contributed by atoms with van der Waals surface area (Å²) < 4.78 is 0. The molecule has 0 radical (unpaired) electrons. The van der Waals surface area contributed by atoms with Crippen LogP contribution in [0.1, 0.15) is 48.0 Å². The molecule has 1 saturated carbocycles. The summed E-state index contributed by atoms with van der Waals surface area (Å²) in [4.78, 5) is 12.2. The van der Waals surface area contributed by atoms with Crippen molar-refractivity contribution < 1.29 is 9.90 Å². The maximum Gasteiger partial charge on any atom is 0.251 e. The lowest BCUT2D eigenvalue weighted by molar-refractivity contribution is 0.0819. The van der Waals surface area contributed by atoms with E-state index in [1.807, 2.05) is 13.0 Å². The van der Waals surface area contributed by atoms with Crippen molar-refractivity contribution >= 4 is 11.6 Å². The molecule has 0 aromatic heterocycles. The molecule has 4 heteroatoms. The lowest BCUT2D eigenvalue weighted by Gasteiger charge is -2.21. The van der Waals surface area contributed by atoms with Crippen LogP contribution >= 0.6 is 0 Å². The molecule has 0 bridgehead atoms. The van der Waals surface area contributed by atoms with Crippen molar-refractivity contribution in [1.82, 2.24) is 5.32 Å². The SMILES string of the molecule is Cc1ccc(C(=O)NC2CCCCCC2O)cc1N. The molecule has 2 unspecified atom stereocenters. The Balaban J connectivity index is 2.05. The van der Waals surface area contributed by atoms with Crippen LogP contribution in [0.4, 0.5) is 5.69 Å². The van der Waals surface area contributed by atoms with E-state index in [9.17, 15) is 9.90 Å². The highest BCUT2D eigenvalue weighted by Gasteiger charge is 2.23. The molecule has 0 spiro atoms. The predicted molar refractivity (Wildman–Crippen MR) is 75.9 cm³/mol. The van der Waals surface area contributed by atoms with Crippen molar-refractivity contribution in [3.05, 3.63) is 29.3 Å². The van der Waals surface area contributed by atoms with Gasteiger partial charge in [-0.1, -0.05) is 25.3 Å². The van der Waals surface area contributed by atoms with Crippen LogP contribution < -0.4 is 11.1 Å². The topological polar surface area (TPSA) is 75.3 Å². The summed E-state index contributed by atoms with van der Waals surface area (Å²) in [7, 11) is 0. The van der Waals surface area contributed by atoms with E-state index in [-0.39, 0.29) is 11.9 Å². The van der Waals surface area contributed by atoms with Crippen molar-refractivity contribution in [2.75, 3.05) is 5.73 Å². The molecular weight excluding hydrogens is 240 g/mol. The number of benzene rings is 1. The van der Waals surface area contributed by atoms with Gasteiger partial charge >= 0.3 is 0 Å². The quantitative estimate of drug-likeness (QED) is 0.563. The molecule has 0 heterocycles. The normalized spacial score (nSPS) is 23.7. The minimum Gasteiger partial charge on any atom is -0.398 e. The molecule has 1 amide bonds. The highest BCUT2D eigenvalue weighted by atomic mass is 16.3. The van der Waals surface area contributed by atoms with Crippen LogP contribution in [-0.4, -0.2) is 23.2 Å². The van der Waals surface area contributed by atoms with Gasteiger partial charge in [0.05, 0.1) is 12.1 Å². The van der Waals surface area contributed by atoms with E-state index in [0.29, 0.717) is 11.3 Å². The number of anilines is 1. The Bertz CT molecular complexity index is 459. The standard InChI is InChI=1S/C15H22N2O2/c1-10-7-8-11(9-12(10)16)15(19)17-13-5-3-2-4-6-14(13)18/h7-9,13-14,18H,2-6,16H2,1H3,(H,17,19). The zero-order valence-electron chi connectivity index (χ0n) is 11.4. The highest BCUT2D eigenvalue weighted by molar-refractivity contribution is 5.95. The molecule has 4 nitrogen and oxygen atoms in total. The van der Waals surface area contributed by atoms with Crippen LogP contribution in [0.25, 0.3) is 0 Å². The Labute approximate surface area is 114 Å². The van der Waals surface area contributed by atoms with Gasteiger partial charge in [-0.25, -0.2) is 0 Å². The van der Waals surface area contributed by atoms with Crippen molar-refractivity contribution in [1.29, 1.82) is 0 Å². The number of aliphatic hydroxyl groups is 1. The van der Waals surface area contributed by atoms with Gasteiger partial charge in [-0.2, -0.15) is 0 Å². The summed E-state index contributed by atoms with van der Waals surface area (Å²) in [5, 5.41) is 12.9. The molecule has 1 aromatic rings. The van der Waals surface area contributed by atoms with E-state index >= 15 is 0 Å². The van der Waals surface area contributed by atoms with Crippen LogP contribution in [-0.2, 0) is 0 Å². The first-order valence-electron chi connectivity index (χ1n) is 6.93. The molecule has 19 heavy (non-hydrogen) atoms. The number of hydrogen-bond acceptors (Lipinski definition) is 3. The van der Waals surface area contributed by atoms with Crippen molar-refractivity contribution in [3.8, 4) is 0 Å². The highest BCUT2D eigenvalue weighted by Crippen LogP contribution is 2.19. The molecule has 4 N–H and O–H groups in total. The second-order valence-corrected chi connectivity index (χ2v) is 5.36. The number of rotatable bonds is 2. The van der Waals surface area contributed by atoms with Crippen molar-refractivity contribution in [2.24, 2.45) is 0 Å². The van der Waals surface area contributed by atoms with Crippen molar-refractivity contribution in [2.45, 2.75) is 51.2 Å². The molecule has 1 aliphatic carbocycles. The number of nitrogens with one attached hydrogen (secondary N) is 1. The Morgan fingerprint density at radius 3 is 2.79 bits per heavy atom. The Hall–Kier alpha value is -1.55. The summed E-state index contributed by atoms with van der Waals surface area (Å²) in [6, 6.07) is 5.16. The Morgan fingerprint density at radius 1 is 1.32 bits per heavy atom. The van der Waals surface area contributed by atoms with Gasteiger partial charge in [-0.05, 0) is 37.5 Å². The molecular formula is C15H22N2O2. The van der Waals surface area contributed by atoms with Crippen molar-refractivity contribution in [3.63, 3.8) is 0 Å². The average molecular weight is 262 g/mol. The predicted octanol–water partition coefficient (Wildman–Crippen LogP) is 2.00. The lowest BCUT2D eigenvalue weighted by Crippen LogP contribution is -2.42. The fourth-order valence-corrected chi connectivity index (χ4v) is 2.49. The van der Waals surface area contributed by atoms with Gasteiger partial charge < -0.3 is 16.2 Å². The fraction of sp³-hybridized carbons (Fsp3) is 0.533. The third-order valence-electron chi connectivity index (χ3n) is 3.84. The molecule has 104 valence electrons. The molecule has 1 aromatic carbocycles. The number of aryl methyl sites for hydroxylation is 1. The van der Waals surface area contributed by atoms with Crippen LogP contribution in [0.5, 0.6) is 0 Å². The fourth-order valence-electron chi connectivity index (χ4n) is 2.49. The number of aliphatic hydroxyl groups excluding tert-OH is 1. The molecule has 2 rings (SSSR count). The van der Waals surface area contributed by atoms with E-state index < -0.39 is 6.10 Å².